The molecule has 23 heavy (non-hydrogen) atoms. The molecule has 1 aliphatic heterocycles. The standard InChI is InChI=1S/C18H21FN2O2/c19-13-3-4-16-15(6-13)17(23)7-14(20-16)9-21-8-12-2-1-5-18(12,10-21)11-22/h3-4,6-7,12,22H,1-2,5,8-11H2,(H,20,23)/t12-,18+/m0/s1. The zero-order valence-corrected chi connectivity index (χ0v) is 13.0. The number of aromatic nitrogens is 1. The molecule has 1 aromatic heterocycles. The van der Waals surface area contributed by atoms with E-state index < -0.39 is 5.82 Å². The fourth-order valence-electron chi connectivity index (χ4n) is 4.50. The van der Waals surface area contributed by atoms with Gasteiger partial charge < -0.3 is 10.1 Å². The molecule has 2 N–H and O–H groups in total. The number of aromatic amines is 1. The summed E-state index contributed by atoms with van der Waals surface area (Å²) in [7, 11) is 0. The highest BCUT2D eigenvalue weighted by Crippen LogP contribution is 2.48. The zero-order chi connectivity index (χ0) is 16.0. The lowest BCUT2D eigenvalue weighted by Gasteiger charge is -2.26. The van der Waals surface area contributed by atoms with E-state index in [0.717, 1.165) is 25.2 Å². The van der Waals surface area contributed by atoms with Crippen molar-refractivity contribution in [2.45, 2.75) is 25.8 Å². The summed E-state index contributed by atoms with van der Waals surface area (Å²) in [6, 6.07) is 5.83. The molecule has 0 radical (unpaired) electrons. The monoisotopic (exact) mass is 316 g/mol. The molecule has 0 bridgehead atoms. The molecule has 0 amide bonds. The van der Waals surface area contributed by atoms with E-state index in [9.17, 15) is 14.3 Å². The largest absolute Gasteiger partial charge is 0.396 e. The van der Waals surface area contributed by atoms with Crippen LogP contribution in [-0.4, -0.2) is 34.7 Å². The summed E-state index contributed by atoms with van der Waals surface area (Å²) in [5.74, 6) is 0.168. The molecular weight excluding hydrogens is 295 g/mol. The van der Waals surface area contributed by atoms with Crippen LogP contribution in [0.4, 0.5) is 4.39 Å². The van der Waals surface area contributed by atoms with Crippen molar-refractivity contribution in [3.05, 3.63) is 46.0 Å². The minimum Gasteiger partial charge on any atom is -0.396 e. The summed E-state index contributed by atoms with van der Waals surface area (Å²) in [5, 5.41) is 10.2. The number of nitrogens with zero attached hydrogens (tertiary/aromatic N) is 1. The number of likely N-dealkylation sites (tertiary alicyclic amines) is 1. The Morgan fingerprint density at radius 2 is 2.26 bits per heavy atom. The first kappa shape index (κ1) is 14.8. The Morgan fingerprint density at radius 1 is 1.39 bits per heavy atom. The number of hydrogen-bond donors (Lipinski definition) is 2. The van der Waals surface area contributed by atoms with Crippen LogP contribution in [0.1, 0.15) is 25.0 Å². The molecule has 4 rings (SSSR count). The number of aliphatic hydroxyl groups is 1. The molecule has 0 spiro atoms. The van der Waals surface area contributed by atoms with Gasteiger partial charge in [0.2, 0.25) is 0 Å². The number of aliphatic hydroxyl groups excluding tert-OH is 1. The van der Waals surface area contributed by atoms with Gasteiger partial charge in [0.15, 0.2) is 5.43 Å². The summed E-state index contributed by atoms with van der Waals surface area (Å²) >= 11 is 0. The number of benzene rings is 1. The van der Waals surface area contributed by atoms with E-state index in [1.165, 1.54) is 25.0 Å². The van der Waals surface area contributed by atoms with Crippen molar-refractivity contribution in [3.63, 3.8) is 0 Å². The fourth-order valence-corrected chi connectivity index (χ4v) is 4.50. The van der Waals surface area contributed by atoms with Gasteiger partial charge in [0.25, 0.3) is 0 Å². The van der Waals surface area contributed by atoms with Crippen molar-refractivity contribution in [3.8, 4) is 0 Å². The maximum Gasteiger partial charge on any atom is 0.189 e. The van der Waals surface area contributed by atoms with Crippen molar-refractivity contribution in [1.82, 2.24) is 9.88 Å². The maximum absolute atomic E-state index is 13.3. The van der Waals surface area contributed by atoms with Gasteiger partial charge in [-0.1, -0.05) is 6.42 Å². The summed E-state index contributed by atoms with van der Waals surface area (Å²) in [4.78, 5) is 17.8. The molecular formula is C18H21FN2O2. The number of fused-ring (bicyclic) bond motifs is 2. The van der Waals surface area contributed by atoms with Gasteiger partial charge in [0.1, 0.15) is 5.82 Å². The highest BCUT2D eigenvalue weighted by molar-refractivity contribution is 5.78. The lowest BCUT2D eigenvalue weighted by molar-refractivity contribution is 0.111. The topological polar surface area (TPSA) is 56.3 Å². The number of halogens is 1. The summed E-state index contributed by atoms with van der Waals surface area (Å²) < 4.78 is 13.3. The van der Waals surface area contributed by atoms with Crippen LogP contribution in [0.15, 0.2) is 29.1 Å². The second-order valence-electron chi connectivity index (χ2n) is 7.13. The average molecular weight is 316 g/mol. The Balaban J connectivity index is 1.59. The van der Waals surface area contributed by atoms with E-state index in [1.54, 1.807) is 12.1 Å². The van der Waals surface area contributed by atoms with Gasteiger partial charge in [-0.15, -0.1) is 0 Å². The van der Waals surface area contributed by atoms with Crippen molar-refractivity contribution in [2.24, 2.45) is 11.3 Å². The summed E-state index contributed by atoms with van der Waals surface area (Å²) in [6.45, 7) is 2.78. The molecule has 1 aromatic carbocycles. The van der Waals surface area contributed by atoms with E-state index in [0.29, 0.717) is 23.4 Å². The molecule has 2 atom stereocenters. The van der Waals surface area contributed by atoms with Crippen LogP contribution in [0.3, 0.4) is 0 Å². The van der Waals surface area contributed by atoms with E-state index in [4.69, 9.17) is 0 Å². The molecule has 2 heterocycles. The Kier molecular flexibility index (Phi) is 3.50. The highest BCUT2D eigenvalue weighted by Gasteiger charge is 2.48. The predicted molar refractivity (Wildman–Crippen MR) is 86.7 cm³/mol. The SMILES string of the molecule is O=c1cc(CN2C[C@@H]3CCC[C@]3(CO)C2)[nH]c2ccc(F)cc12. The third-order valence-corrected chi connectivity index (χ3v) is 5.67. The van der Waals surface area contributed by atoms with E-state index >= 15 is 0 Å². The van der Waals surface area contributed by atoms with Crippen LogP contribution in [0.25, 0.3) is 10.9 Å². The number of rotatable bonds is 3. The number of H-pyrrole nitrogens is 1. The first-order valence-corrected chi connectivity index (χ1v) is 8.24. The summed E-state index contributed by atoms with van der Waals surface area (Å²) in [5.41, 5.74) is 1.43. The van der Waals surface area contributed by atoms with Gasteiger partial charge in [-0.25, -0.2) is 4.39 Å². The normalized spacial score (nSPS) is 27.7. The Bertz CT molecular complexity index is 803. The Hall–Kier alpha value is -1.72. The predicted octanol–water partition coefficient (Wildman–Crippen LogP) is 2.26. The van der Waals surface area contributed by atoms with Crippen molar-refractivity contribution < 1.29 is 9.50 Å². The van der Waals surface area contributed by atoms with Crippen LogP contribution in [0, 0.1) is 17.2 Å². The number of nitrogens with one attached hydrogen (secondary N) is 1. The lowest BCUT2D eigenvalue weighted by Crippen LogP contribution is -2.31. The van der Waals surface area contributed by atoms with Gasteiger partial charge in [-0.3, -0.25) is 9.69 Å². The van der Waals surface area contributed by atoms with E-state index in [-0.39, 0.29) is 17.5 Å². The third kappa shape index (κ3) is 2.48. The fraction of sp³-hybridized carbons (Fsp3) is 0.500. The molecule has 2 aliphatic rings. The second-order valence-corrected chi connectivity index (χ2v) is 7.13. The Labute approximate surface area is 133 Å². The number of pyridine rings is 1. The van der Waals surface area contributed by atoms with Gasteiger partial charge in [0, 0.05) is 47.7 Å². The van der Waals surface area contributed by atoms with Crippen LogP contribution < -0.4 is 5.43 Å². The first-order chi connectivity index (χ1) is 11.1. The first-order valence-electron chi connectivity index (χ1n) is 8.24. The van der Waals surface area contributed by atoms with Gasteiger partial charge in [0.05, 0.1) is 6.61 Å². The Morgan fingerprint density at radius 3 is 3.04 bits per heavy atom. The van der Waals surface area contributed by atoms with Crippen LogP contribution >= 0.6 is 0 Å². The van der Waals surface area contributed by atoms with Gasteiger partial charge in [-0.05, 0) is 37.0 Å². The maximum atomic E-state index is 13.3. The van der Waals surface area contributed by atoms with Crippen molar-refractivity contribution >= 4 is 10.9 Å². The van der Waals surface area contributed by atoms with Crippen molar-refractivity contribution in [1.29, 1.82) is 0 Å². The van der Waals surface area contributed by atoms with E-state index in [2.05, 4.69) is 9.88 Å². The average Bonchev–Trinajstić information content (AvgIpc) is 3.05. The number of hydrogen-bond acceptors (Lipinski definition) is 3. The highest BCUT2D eigenvalue weighted by atomic mass is 19.1. The molecule has 2 aromatic rings. The lowest BCUT2D eigenvalue weighted by atomic mass is 9.82. The third-order valence-electron chi connectivity index (χ3n) is 5.67. The molecule has 122 valence electrons. The van der Waals surface area contributed by atoms with E-state index in [1.807, 2.05) is 0 Å². The minimum absolute atomic E-state index is 0.0558. The smallest absolute Gasteiger partial charge is 0.189 e. The molecule has 4 nitrogen and oxygen atoms in total. The summed E-state index contributed by atoms with van der Waals surface area (Å²) in [6.07, 6.45) is 3.49. The van der Waals surface area contributed by atoms with Crippen LogP contribution in [0.2, 0.25) is 0 Å². The van der Waals surface area contributed by atoms with Gasteiger partial charge >= 0.3 is 0 Å². The molecule has 1 saturated carbocycles. The van der Waals surface area contributed by atoms with Crippen LogP contribution in [0.5, 0.6) is 0 Å². The molecule has 5 heteroatoms. The molecule has 1 saturated heterocycles. The quantitative estimate of drug-likeness (QED) is 0.913. The van der Waals surface area contributed by atoms with Gasteiger partial charge in [-0.2, -0.15) is 0 Å². The second kappa shape index (κ2) is 5.42. The molecule has 1 aliphatic carbocycles. The van der Waals surface area contributed by atoms with Crippen molar-refractivity contribution in [2.75, 3.05) is 19.7 Å². The zero-order valence-electron chi connectivity index (χ0n) is 13.0. The van der Waals surface area contributed by atoms with Crippen LogP contribution in [-0.2, 0) is 6.54 Å². The minimum atomic E-state index is -0.395. The molecule has 2 fully saturated rings. The molecule has 0 unspecified atom stereocenters.